The van der Waals surface area contributed by atoms with Crippen LogP contribution in [-0.2, 0) is 19.6 Å². The topological polar surface area (TPSA) is 99.7 Å². The van der Waals surface area contributed by atoms with Gasteiger partial charge in [-0.3, -0.25) is 14.6 Å². The molecule has 0 unspecified atom stereocenters. The maximum absolute atomic E-state index is 13.3. The number of sulfonamides is 1. The van der Waals surface area contributed by atoms with E-state index >= 15 is 0 Å². The molecule has 30 heavy (non-hydrogen) atoms. The van der Waals surface area contributed by atoms with Gasteiger partial charge in [0, 0.05) is 43.1 Å². The van der Waals surface area contributed by atoms with Gasteiger partial charge in [-0.1, -0.05) is 32.6 Å². The lowest BCUT2D eigenvalue weighted by molar-refractivity contribution is -0.133. The van der Waals surface area contributed by atoms with Crippen molar-refractivity contribution in [3.63, 3.8) is 0 Å². The fourth-order valence-corrected chi connectivity index (χ4v) is 5.18. The van der Waals surface area contributed by atoms with Crippen molar-refractivity contribution in [3.05, 3.63) is 48.8 Å². The summed E-state index contributed by atoms with van der Waals surface area (Å²) < 4.78 is 28.1. The Balaban J connectivity index is 1.78. The van der Waals surface area contributed by atoms with Gasteiger partial charge in [0.05, 0.1) is 17.1 Å². The van der Waals surface area contributed by atoms with Crippen LogP contribution in [0.3, 0.4) is 0 Å². The van der Waals surface area contributed by atoms with Gasteiger partial charge in [-0.2, -0.15) is 4.31 Å². The molecule has 0 aliphatic carbocycles. The third-order valence-corrected chi connectivity index (χ3v) is 7.11. The summed E-state index contributed by atoms with van der Waals surface area (Å²) in [7, 11) is -3.73. The number of pyridine rings is 1. The molecular weight excluding hydrogens is 404 g/mol. The van der Waals surface area contributed by atoms with Crippen molar-refractivity contribution >= 4 is 32.6 Å². The normalized spacial score (nSPS) is 15.4. The van der Waals surface area contributed by atoms with Crippen molar-refractivity contribution < 1.29 is 18.0 Å². The van der Waals surface area contributed by atoms with Gasteiger partial charge in [0.1, 0.15) is 0 Å². The highest BCUT2D eigenvalue weighted by molar-refractivity contribution is 7.89. The van der Waals surface area contributed by atoms with E-state index in [0.29, 0.717) is 5.39 Å². The summed E-state index contributed by atoms with van der Waals surface area (Å²) in [6.45, 7) is 8.19. The number of amides is 2. The molecule has 2 heterocycles. The smallest absolute Gasteiger partial charge is 0.243 e. The number of nitrogens with one attached hydrogen (secondary N) is 1. The lowest BCUT2D eigenvalue weighted by atomic mass is 10.0. The first-order valence-electron chi connectivity index (χ1n) is 9.81. The van der Waals surface area contributed by atoms with Gasteiger partial charge >= 0.3 is 0 Å². The predicted molar refractivity (Wildman–Crippen MR) is 114 cm³/mol. The minimum atomic E-state index is -3.73. The highest BCUT2D eigenvalue weighted by Gasteiger charge is 2.31. The lowest BCUT2D eigenvalue weighted by Gasteiger charge is -2.34. The predicted octanol–water partition coefficient (Wildman–Crippen LogP) is 1.49. The summed E-state index contributed by atoms with van der Waals surface area (Å²) in [5.41, 5.74) is 0.863. The fourth-order valence-electron chi connectivity index (χ4n) is 3.55. The highest BCUT2D eigenvalue weighted by atomic mass is 32.2. The quantitative estimate of drug-likeness (QED) is 0.700. The molecule has 0 bridgehead atoms. The zero-order chi connectivity index (χ0) is 21.9. The summed E-state index contributed by atoms with van der Waals surface area (Å²) in [4.78, 5) is 29.7. The van der Waals surface area contributed by atoms with Gasteiger partial charge in [-0.15, -0.1) is 0 Å². The average Bonchev–Trinajstić information content (AvgIpc) is 2.76. The molecule has 1 aliphatic rings. The number of nitrogens with zero attached hydrogens (tertiary/aromatic N) is 3. The summed E-state index contributed by atoms with van der Waals surface area (Å²) in [5.74, 6) is -0.501. The number of carbonyl (C=O) groups excluding carboxylic acids is 2. The van der Waals surface area contributed by atoms with Gasteiger partial charge in [0.25, 0.3) is 0 Å². The van der Waals surface area contributed by atoms with Crippen LogP contribution >= 0.6 is 0 Å². The summed E-state index contributed by atoms with van der Waals surface area (Å²) in [5, 5.41) is 3.93. The number of piperazine rings is 1. The average molecular weight is 431 g/mol. The van der Waals surface area contributed by atoms with E-state index in [2.05, 4.69) is 16.9 Å². The first kappa shape index (κ1) is 21.9. The standard InChI is InChI=1S/C21H26N4O4S/c1-4-19(26)23-14-20(27)24-10-12-25(13-11-24)30(28,29)18-7-5-6-17-16(18)8-9-22-21(17)15(2)3/h4-9,15H,1,10-14H2,2-3H3,(H,23,26). The van der Waals surface area contributed by atoms with Crippen LogP contribution in [0.25, 0.3) is 10.8 Å². The second-order valence-corrected chi connectivity index (χ2v) is 9.32. The number of hydrogen-bond acceptors (Lipinski definition) is 5. The molecule has 2 amide bonds. The van der Waals surface area contributed by atoms with Crippen LogP contribution in [0, 0.1) is 0 Å². The fraction of sp³-hybridized carbons (Fsp3) is 0.381. The molecule has 2 aromatic rings. The van der Waals surface area contributed by atoms with Gasteiger partial charge in [0.2, 0.25) is 21.8 Å². The lowest BCUT2D eigenvalue weighted by Crippen LogP contribution is -2.52. The van der Waals surface area contributed by atoms with Crippen molar-refractivity contribution in [2.24, 2.45) is 0 Å². The zero-order valence-electron chi connectivity index (χ0n) is 17.2. The summed E-state index contributed by atoms with van der Waals surface area (Å²) in [6.07, 6.45) is 2.74. The van der Waals surface area contributed by atoms with Crippen molar-refractivity contribution in [1.82, 2.24) is 19.5 Å². The molecule has 8 nitrogen and oxygen atoms in total. The van der Waals surface area contributed by atoms with E-state index in [-0.39, 0.29) is 49.4 Å². The number of fused-ring (bicyclic) bond motifs is 1. The Morgan fingerprint density at radius 1 is 1.17 bits per heavy atom. The van der Waals surface area contributed by atoms with Crippen LogP contribution in [0.15, 0.2) is 48.0 Å². The van der Waals surface area contributed by atoms with Crippen LogP contribution in [0.4, 0.5) is 0 Å². The monoisotopic (exact) mass is 430 g/mol. The Labute approximate surface area is 176 Å². The molecular formula is C21H26N4O4S. The van der Waals surface area contributed by atoms with Crippen molar-refractivity contribution in [1.29, 1.82) is 0 Å². The van der Waals surface area contributed by atoms with Gasteiger partial charge < -0.3 is 10.2 Å². The first-order chi connectivity index (χ1) is 14.3. The van der Waals surface area contributed by atoms with Crippen LogP contribution < -0.4 is 5.32 Å². The van der Waals surface area contributed by atoms with E-state index in [0.717, 1.165) is 17.2 Å². The molecule has 0 radical (unpaired) electrons. The molecule has 9 heteroatoms. The van der Waals surface area contributed by atoms with E-state index in [1.165, 1.54) is 4.31 Å². The molecule has 0 saturated carbocycles. The van der Waals surface area contributed by atoms with E-state index in [1.54, 1.807) is 29.3 Å². The Hall–Kier alpha value is -2.78. The largest absolute Gasteiger partial charge is 0.343 e. The van der Waals surface area contributed by atoms with E-state index < -0.39 is 15.9 Å². The Morgan fingerprint density at radius 2 is 1.87 bits per heavy atom. The molecule has 1 N–H and O–H groups in total. The van der Waals surface area contributed by atoms with Crippen LogP contribution in [-0.4, -0.2) is 67.1 Å². The van der Waals surface area contributed by atoms with Gasteiger partial charge in [0.15, 0.2) is 0 Å². The van der Waals surface area contributed by atoms with E-state index in [9.17, 15) is 18.0 Å². The molecule has 0 atom stereocenters. The zero-order valence-corrected chi connectivity index (χ0v) is 18.0. The van der Waals surface area contributed by atoms with Crippen LogP contribution in [0.1, 0.15) is 25.5 Å². The number of carbonyl (C=O) groups is 2. The van der Waals surface area contributed by atoms with Crippen LogP contribution in [0.5, 0.6) is 0 Å². The molecule has 1 aliphatic heterocycles. The van der Waals surface area contributed by atoms with Crippen molar-refractivity contribution in [3.8, 4) is 0 Å². The molecule has 160 valence electrons. The molecule has 1 fully saturated rings. The Kier molecular flexibility index (Phi) is 6.52. The molecule has 1 aromatic heterocycles. The molecule has 1 aromatic carbocycles. The van der Waals surface area contributed by atoms with E-state index in [1.807, 2.05) is 19.9 Å². The molecule has 0 spiro atoms. The van der Waals surface area contributed by atoms with Gasteiger partial charge in [-0.05, 0) is 24.1 Å². The minimum absolute atomic E-state index is 0.133. The van der Waals surface area contributed by atoms with Crippen molar-refractivity contribution in [2.75, 3.05) is 32.7 Å². The van der Waals surface area contributed by atoms with E-state index in [4.69, 9.17) is 0 Å². The second kappa shape index (κ2) is 8.93. The molecule has 1 saturated heterocycles. The minimum Gasteiger partial charge on any atom is -0.343 e. The highest BCUT2D eigenvalue weighted by Crippen LogP contribution is 2.30. The SMILES string of the molecule is C=CC(=O)NCC(=O)N1CCN(S(=O)(=O)c2cccc3c(C(C)C)nccc23)CC1. The van der Waals surface area contributed by atoms with Gasteiger partial charge in [-0.25, -0.2) is 8.42 Å². The van der Waals surface area contributed by atoms with Crippen molar-refractivity contribution in [2.45, 2.75) is 24.7 Å². The number of aromatic nitrogens is 1. The number of hydrogen-bond donors (Lipinski definition) is 1. The first-order valence-corrected chi connectivity index (χ1v) is 11.3. The molecule has 3 rings (SSSR count). The number of benzene rings is 1. The second-order valence-electron chi connectivity index (χ2n) is 7.41. The number of rotatable bonds is 6. The Bertz CT molecular complexity index is 1070. The third kappa shape index (κ3) is 4.36. The summed E-state index contributed by atoms with van der Waals surface area (Å²) in [6, 6.07) is 6.98. The van der Waals surface area contributed by atoms with Crippen LogP contribution in [0.2, 0.25) is 0 Å². The summed E-state index contributed by atoms with van der Waals surface area (Å²) >= 11 is 0. The Morgan fingerprint density at radius 3 is 2.50 bits per heavy atom. The maximum atomic E-state index is 13.3. The third-order valence-electron chi connectivity index (χ3n) is 5.15. The maximum Gasteiger partial charge on any atom is 0.243 e.